The number of nitrogens with zero attached hydrogens (tertiary/aromatic N) is 3. The third-order valence-corrected chi connectivity index (χ3v) is 10.0. The van der Waals surface area contributed by atoms with Gasteiger partial charge in [-0.3, -0.25) is 24.0 Å². The summed E-state index contributed by atoms with van der Waals surface area (Å²) in [5.41, 5.74) is 7.26. The van der Waals surface area contributed by atoms with Crippen LogP contribution in [0.15, 0.2) is 42.5 Å². The predicted octanol–water partition coefficient (Wildman–Crippen LogP) is 3.06. The summed E-state index contributed by atoms with van der Waals surface area (Å²) in [6, 6.07) is 7.48. The first-order valence-electron chi connectivity index (χ1n) is 19.3. The monoisotopic (exact) mass is 797 g/mol. The highest BCUT2D eigenvalue weighted by atomic mass is 19.1. The number of aryl methyl sites for hydroxylation is 2. The second kappa shape index (κ2) is 20.5. The summed E-state index contributed by atoms with van der Waals surface area (Å²) in [7, 11) is 0. The van der Waals surface area contributed by atoms with Crippen LogP contribution >= 0.6 is 0 Å². The number of nitrogens with one attached hydrogen (secondary N) is 3. The number of anilines is 1. The molecule has 4 aliphatic heterocycles. The van der Waals surface area contributed by atoms with Crippen LogP contribution < -0.4 is 21.7 Å². The van der Waals surface area contributed by atoms with Crippen molar-refractivity contribution in [3.05, 3.63) is 65.2 Å². The van der Waals surface area contributed by atoms with E-state index < -0.39 is 59.8 Å². The van der Waals surface area contributed by atoms with Gasteiger partial charge >= 0.3 is 12.0 Å². The Bertz CT molecular complexity index is 1740. The van der Waals surface area contributed by atoms with Crippen LogP contribution in [0.2, 0.25) is 0 Å². The van der Waals surface area contributed by atoms with Crippen molar-refractivity contribution in [3.63, 3.8) is 0 Å². The molecule has 0 aromatic heterocycles. The van der Waals surface area contributed by atoms with Gasteiger partial charge in [0.15, 0.2) is 0 Å². The fraction of sp³-hybridized carbons (Fsp3) is 0.525. The molecule has 15 nitrogen and oxygen atoms in total. The molecule has 6 rings (SSSR count). The molecule has 4 saturated heterocycles. The molecule has 0 saturated carbocycles. The normalized spacial score (nSPS) is 24.0. The largest absolute Gasteiger partial charge is 0.461 e. The number of carbonyl (C=O) groups is 7. The van der Waals surface area contributed by atoms with E-state index in [4.69, 9.17) is 10.5 Å². The molecule has 4 aliphatic rings. The Morgan fingerprint density at radius 1 is 0.772 bits per heavy atom. The van der Waals surface area contributed by atoms with E-state index in [-0.39, 0.29) is 36.6 Å². The minimum atomic E-state index is -0.820. The van der Waals surface area contributed by atoms with Crippen LogP contribution in [-0.2, 0) is 33.5 Å². The maximum atomic E-state index is 13.5. The fourth-order valence-electron chi connectivity index (χ4n) is 7.23. The first-order chi connectivity index (χ1) is 27.0. The molecular formula is C40H53F2N7O8. The SMILES string of the molecule is CC1CC(=O)N2CCCC2C(=O)N2CCCCC2C(=O)NC(C)C(=O)N2CCCC2C(=O)O1.Cc1cc(F)cc(F)c1.Cc1ccc(NC(=O)NCC(N)=O)cc1. The molecule has 5 atom stereocenters. The molecule has 2 aromatic rings. The van der Waals surface area contributed by atoms with Crippen LogP contribution in [-0.4, -0.2) is 113 Å². The molecule has 5 unspecified atom stereocenters. The first-order valence-corrected chi connectivity index (χ1v) is 19.3. The van der Waals surface area contributed by atoms with E-state index in [1.165, 1.54) is 17.0 Å². The molecule has 7 amide bonds. The number of hydrogen-bond donors (Lipinski definition) is 4. The van der Waals surface area contributed by atoms with Crippen molar-refractivity contribution in [3.8, 4) is 0 Å². The average molecular weight is 798 g/mol. The van der Waals surface area contributed by atoms with Crippen LogP contribution in [0, 0.1) is 25.5 Å². The lowest BCUT2D eigenvalue weighted by molar-refractivity contribution is -0.160. The number of amides is 7. The second-order valence-corrected chi connectivity index (χ2v) is 14.7. The molecule has 57 heavy (non-hydrogen) atoms. The smallest absolute Gasteiger partial charge is 0.329 e. The lowest BCUT2D eigenvalue weighted by Crippen LogP contribution is -2.59. The molecular weight excluding hydrogens is 744 g/mol. The lowest BCUT2D eigenvalue weighted by Gasteiger charge is -2.38. The average Bonchev–Trinajstić information content (AvgIpc) is 3.85. The van der Waals surface area contributed by atoms with E-state index in [1.54, 1.807) is 42.7 Å². The Morgan fingerprint density at radius 2 is 1.35 bits per heavy atom. The van der Waals surface area contributed by atoms with Crippen molar-refractivity contribution in [1.29, 1.82) is 0 Å². The second-order valence-electron chi connectivity index (χ2n) is 14.7. The molecule has 2 aromatic carbocycles. The topological polar surface area (TPSA) is 201 Å². The number of ether oxygens (including phenoxy) is 1. The number of cyclic esters (lactones) is 1. The van der Waals surface area contributed by atoms with Gasteiger partial charge in [0.1, 0.15) is 41.9 Å². The van der Waals surface area contributed by atoms with Gasteiger partial charge in [-0.2, -0.15) is 0 Å². The number of piperidine rings is 1. The summed E-state index contributed by atoms with van der Waals surface area (Å²) in [5.74, 6) is -3.29. The van der Waals surface area contributed by atoms with Crippen molar-refractivity contribution in [2.75, 3.05) is 31.5 Å². The van der Waals surface area contributed by atoms with Gasteiger partial charge < -0.3 is 41.1 Å². The minimum absolute atomic E-state index is 0.0174. The van der Waals surface area contributed by atoms with E-state index in [9.17, 15) is 42.3 Å². The third kappa shape index (κ3) is 12.7. The van der Waals surface area contributed by atoms with E-state index in [1.807, 2.05) is 19.1 Å². The highest BCUT2D eigenvalue weighted by molar-refractivity contribution is 5.96. The maximum absolute atomic E-state index is 13.5. The van der Waals surface area contributed by atoms with Gasteiger partial charge in [-0.15, -0.1) is 0 Å². The van der Waals surface area contributed by atoms with Gasteiger partial charge in [0.05, 0.1) is 13.0 Å². The van der Waals surface area contributed by atoms with Crippen LogP contribution in [0.3, 0.4) is 0 Å². The molecule has 0 bridgehead atoms. The number of urea groups is 1. The van der Waals surface area contributed by atoms with Gasteiger partial charge in [0.2, 0.25) is 29.5 Å². The maximum Gasteiger partial charge on any atom is 0.329 e. The van der Waals surface area contributed by atoms with Crippen molar-refractivity contribution in [1.82, 2.24) is 25.3 Å². The number of rotatable bonds is 3. The zero-order valence-electron chi connectivity index (χ0n) is 32.9. The lowest BCUT2D eigenvalue weighted by atomic mass is 9.99. The zero-order valence-corrected chi connectivity index (χ0v) is 32.9. The van der Waals surface area contributed by atoms with Gasteiger partial charge in [0, 0.05) is 31.4 Å². The standard InChI is InChI=1S/C23H34N4O6.C10H13N3O2.C7H6F2/c1-14-13-19(28)25-11-5-8-17(25)22(31)26-10-4-3-7-16(26)20(29)24-15(2)21(30)27-12-6-9-18(27)23(32)33-14;1-7-2-4-8(5-3-7)13-10(15)12-6-9(11)14;1-5-2-6(8)4-7(9)3-5/h14-18H,3-13H2,1-2H3,(H,24,29);2-5H,6H2,1H3,(H2,11,14)(H2,12,13,15);2-4H,1H3. The summed E-state index contributed by atoms with van der Waals surface area (Å²) < 4.78 is 29.9. The molecule has 310 valence electrons. The molecule has 17 heteroatoms. The quantitative estimate of drug-likeness (QED) is 0.340. The molecule has 4 heterocycles. The zero-order chi connectivity index (χ0) is 41.8. The number of primary amides is 1. The van der Waals surface area contributed by atoms with E-state index in [0.29, 0.717) is 63.0 Å². The Labute approximate surface area is 331 Å². The summed E-state index contributed by atoms with van der Waals surface area (Å²) in [5, 5.41) is 7.67. The first kappa shape index (κ1) is 44.1. The predicted molar refractivity (Wildman–Crippen MR) is 205 cm³/mol. The van der Waals surface area contributed by atoms with Crippen LogP contribution in [0.1, 0.15) is 76.3 Å². The van der Waals surface area contributed by atoms with Crippen molar-refractivity contribution >= 4 is 47.2 Å². The molecule has 0 aliphatic carbocycles. The van der Waals surface area contributed by atoms with E-state index >= 15 is 0 Å². The number of benzene rings is 2. The third-order valence-electron chi connectivity index (χ3n) is 10.0. The van der Waals surface area contributed by atoms with Crippen molar-refractivity contribution in [2.45, 2.75) is 109 Å². The molecule has 0 spiro atoms. The highest BCUT2D eigenvalue weighted by Gasteiger charge is 2.43. The summed E-state index contributed by atoms with van der Waals surface area (Å²) in [6.45, 7) is 8.05. The number of esters is 1. The van der Waals surface area contributed by atoms with Crippen LogP contribution in [0.25, 0.3) is 0 Å². The van der Waals surface area contributed by atoms with Crippen molar-refractivity contribution < 1.29 is 47.1 Å². The van der Waals surface area contributed by atoms with E-state index in [2.05, 4.69) is 16.0 Å². The number of carbonyl (C=O) groups excluding carboxylic acids is 7. The number of fused-ring (bicyclic) bond motifs is 3. The van der Waals surface area contributed by atoms with Gasteiger partial charge in [-0.25, -0.2) is 18.4 Å². The summed E-state index contributed by atoms with van der Waals surface area (Å²) in [6.07, 6.45) is 3.88. The van der Waals surface area contributed by atoms with Crippen LogP contribution in [0.5, 0.6) is 0 Å². The van der Waals surface area contributed by atoms with E-state index in [0.717, 1.165) is 24.5 Å². The Kier molecular flexibility index (Phi) is 15.9. The number of halogens is 2. The van der Waals surface area contributed by atoms with Crippen molar-refractivity contribution in [2.24, 2.45) is 5.73 Å². The van der Waals surface area contributed by atoms with Crippen LogP contribution in [0.4, 0.5) is 19.3 Å². The molecule has 5 N–H and O–H groups in total. The van der Waals surface area contributed by atoms with Gasteiger partial charge in [0.25, 0.3) is 0 Å². The Balaban J connectivity index is 0.000000245. The van der Waals surface area contributed by atoms with Gasteiger partial charge in [-0.05, 0) is 102 Å². The summed E-state index contributed by atoms with van der Waals surface area (Å²) in [4.78, 5) is 91.7. The highest BCUT2D eigenvalue weighted by Crippen LogP contribution is 2.27. The fourth-order valence-corrected chi connectivity index (χ4v) is 7.23. The van der Waals surface area contributed by atoms with Gasteiger partial charge in [-0.1, -0.05) is 17.7 Å². The Morgan fingerprint density at radius 3 is 1.98 bits per heavy atom. The molecule has 0 radical (unpaired) electrons. The number of nitrogens with two attached hydrogens (primary N) is 1. The number of hydrogen-bond acceptors (Lipinski definition) is 8. The summed E-state index contributed by atoms with van der Waals surface area (Å²) >= 11 is 0. The molecule has 4 fully saturated rings. The Hall–Kier alpha value is -5.61. The minimum Gasteiger partial charge on any atom is -0.461 e.